The lowest BCUT2D eigenvalue weighted by molar-refractivity contribution is -0.150. The van der Waals surface area contributed by atoms with E-state index in [2.05, 4.69) is 43.5 Å². The monoisotopic (exact) mass is 649 g/mol. The largest absolute Gasteiger partial charge is 0.480 e. The molecule has 46 heavy (non-hydrogen) atoms. The number of unbranched alkanes of at least 4 members (excludes halogenated alkanes) is 16. The molecule has 0 bridgehead atoms. The predicted octanol–water partition coefficient (Wildman–Crippen LogP) is 10.1. The van der Waals surface area contributed by atoms with Crippen molar-refractivity contribution in [3.63, 3.8) is 0 Å². The molecule has 0 aliphatic rings. The third-order valence-electron chi connectivity index (χ3n) is 8.52. The fourth-order valence-electron chi connectivity index (χ4n) is 5.60. The predicted molar refractivity (Wildman–Crippen MR) is 193 cm³/mol. The Bertz CT molecular complexity index is 782. The van der Waals surface area contributed by atoms with Gasteiger partial charge in [-0.3, -0.25) is 9.59 Å². The maximum Gasteiger partial charge on any atom is 0.326 e. The lowest BCUT2D eigenvalue weighted by Crippen LogP contribution is -2.40. The molecule has 7 nitrogen and oxygen atoms in total. The van der Waals surface area contributed by atoms with Crippen molar-refractivity contribution in [1.82, 2.24) is 5.32 Å². The number of hydrogen-bond donors (Lipinski definition) is 3. The van der Waals surface area contributed by atoms with E-state index < -0.39 is 12.0 Å². The number of carboxylic acids is 1. The van der Waals surface area contributed by atoms with Crippen LogP contribution in [0, 0.1) is 0 Å². The molecule has 0 aromatic heterocycles. The SMILES string of the molecule is CCCCCC/C=C\C/C=C\CCCCCCCCCC(=O)OC(CCCCCC)CCCCCC(=O)NC(CCCN)C(=O)O. The van der Waals surface area contributed by atoms with Gasteiger partial charge in [-0.25, -0.2) is 4.79 Å². The van der Waals surface area contributed by atoms with E-state index in [1.807, 2.05) is 0 Å². The average molecular weight is 649 g/mol. The first kappa shape index (κ1) is 43.9. The third-order valence-corrected chi connectivity index (χ3v) is 8.52. The van der Waals surface area contributed by atoms with Crippen LogP contribution in [0.4, 0.5) is 0 Å². The number of amides is 1. The van der Waals surface area contributed by atoms with Gasteiger partial charge in [0, 0.05) is 12.8 Å². The van der Waals surface area contributed by atoms with Crippen LogP contribution in [0.25, 0.3) is 0 Å². The number of hydrogen-bond acceptors (Lipinski definition) is 5. The number of carboxylic acid groups (broad SMARTS) is 1. The van der Waals surface area contributed by atoms with Crippen molar-refractivity contribution < 1.29 is 24.2 Å². The molecule has 0 aliphatic heterocycles. The smallest absolute Gasteiger partial charge is 0.326 e. The molecule has 2 atom stereocenters. The van der Waals surface area contributed by atoms with E-state index in [1.165, 1.54) is 83.5 Å². The van der Waals surface area contributed by atoms with Crippen LogP contribution in [0.15, 0.2) is 24.3 Å². The van der Waals surface area contributed by atoms with Gasteiger partial charge in [-0.05, 0) is 90.0 Å². The molecule has 0 spiro atoms. The van der Waals surface area contributed by atoms with E-state index in [0.29, 0.717) is 38.6 Å². The molecule has 0 fully saturated rings. The van der Waals surface area contributed by atoms with Crippen LogP contribution in [0.2, 0.25) is 0 Å². The third kappa shape index (κ3) is 30.5. The maximum absolute atomic E-state index is 12.6. The number of nitrogens with one attached hydrogen (secondary N) is 1. The topological polar surface area (TPSA) is 119 Å². The Labute approximate surface area is 283 Å². The molecule has 268 valence electrons. The summed E-state index contributed by atoms with van der Waals surface area (Å²) in [6.45, 7) is 4.85. The van der Waals surface area contributed by atoms with Crippen molar-refractivity contribution >= 4 is 17.8 Å². The van der Waals surface area contributed by atoms with Crippen LogP contribution in [-0.4, -0.2) is 41.6 Å². The molecule has 0 radical (unpaired) electrons. The molecule has 7 heteroatoms. The number of rotatable bonds is 34. The molecular formula is C39H72N2O5. The van der Waals surface area contributed by atoms with Crippen LogP contribution in [0.5, 0.6) is 0 Å². The highest BCUT2D eigenvalue weighted by molar-refractivity contribution is 5.83. The quantitative estimate of drug-likeness (QED) is 0.0363. The van der Waals surface area contributed by atoms with E-state index in [4.69, 9.17) is 10.5 Å². The Balaban J connectivity index is 4.03. The van der Waals surface area contributed by atoms with Crippen molar-refractivity contribution in [2.45, 2.75) is 199 Å². The lowest BCUT2D eigenvalue weighted by Gasteiger charge is -2.18. The minimum atomic E-state index is -1.02. The normalized spacial score (nSPS) is 12.9. The summed E-state index contributed by atoms with van der Waals surface area (Å²) in [4.78, 5) is 36.1. The minimum absolute atomic E-state index is 0.0496. The van der Waals surface area contributed by atoms with Gasteiger partial charge in [0.25, 0.3) is 0 Å². The van der Waals surface area contributed by atoms with Crippen LogP contribution >= 0.6 is 0 Å². The lowest BCUT2D eigenvalue weighted by atomic mass is 10.0. The molecule has 4 N–H and O–H groups in total. The summed E-state index contributed by atoms with van der Waals surface area (Å²) in [6, 6.07) is -0.872. The number of aliphatic carboxylic acids is 1. The molecule has 0 aliphatic carbocycles. The van der Waals surface area contributed by atoms with Crippen LogP contribution < -0.4 is 11.1 Å². The first-order valence-corrected chi connectivity index (χ1v) is 19.2. The second-order valence-electron chi connectivity index (χ2n) is 13.0. The molecule has 0 aromatic rings. The summed E-state index contributed by atoms with van der Waals surface area (Å²) in [7, 11) is 0. The van der Waals surface area contributed by atoms with E-state index in [9.17, 15) is 19.5 Å². The Morgan fingerprint density at radius 3 is 1.70 bits per heavy atom. The van der Waals surface area contributed by atoms with Crippen LogP contribution in [0.1, 0.15) is 187 Å². The zero-order chi connectivity index (χ0) is 33.9. The molecule has 1 amide bonds. The van der Waals surface area contributed by atoms with Crippen molar-refractivity contribution in [1.29, 1.82) is 0 Å². The molecule has 0 aromatic carbocycles. The molecule has 0 rings (SSSR count). The van der Waals surface area contributed by atoms with Gasteiger partial charge in [-0.1, -0.05) is 115 Å². The van der Waals surface area contributed by atoms with Crippen LogP contribution in [-0.2, 0) is 19.1 Å². The van der Waals surface area contributed by atoms with Gasteiger partial charge in [0.15, 0.2) is 0 Å². The summed E-state index contributed by atoms with van der Waals surface area (Å²) < 4.78 is 5.90. The van der Waals surface area contributed by atoms with Gasteiger partial charge >= 0.3 is 11.9 Å². The Kier molecular flexibility index (Phi) is 32.6. The summed E-state index contributed by atoms with van der Waals surface area (Å²) in [5, 5.41) is 11.9. The summed E-state index contributed by atoms with van der Waals surface area (Å²) in [5.74, 6) is -1.32. The minimum Gasteiger partial charge on any atom is -0.480 e. The van der Waals surface area contributed by atoms with Gasteiger partial charge in [0.05, 0.1) is 0 Å². The average Bonchev–Trinajstić information content (AvgIpc) is 3.03. The first-order chi connectivity index (χ1) is 22.4. The molecule has 2 unspecified atom stereocenters. The number of carbonyl (C=O) groups is 3. The van der Waals surface area contributed by atoms with Crippen LogP contribution in [0.3, 0.4) is 0 Å². The zero-order valence-corrected chi connectivity index (χ0v) is 29.9. The number of ether oxygens (including phenoxy) is 1. The Morgan fingerprint density at radius 1 is 0.630 bits per heavy atom. The fraction of sp³-hybridized carbons (Fsp3) is 0.821. The highest BCUT2D eigenvalue weighted by atomic mass is 16.5. The van der Waals surface area contributed by atoms with Crippen molar-refractivity contribution in [2.24, 2.45) is 5.73 Å². The first-order valence-electron chi connectivity index (χ1n) is 19.2. The van der Waals surface area contributed by atoms with Gasteiger partial charge < -0.3 is 20.9 Å². The van der Waals surface area contributed by atoms with E-state index in [0.717, 1.165) is 57.8 Å². The molecular weight excluding hydrogens is 576 g/mol. The van der Waals surface area contributed by atoms with Crippen molar-refractivity contribution in [2.75, 3.05) is 6.54 Å². The molecule has 0 saturated heterocycles. The summed E-state index contributed by atoms with van der Waals surface area (Å²) in [5.41, 5.74) is 5.46. The van der Waals surface area contributed by atoms with Gasteiger partial charge in [-0.15, -0.1) is 0 Å². The van der Waals surface area contributed by atoms with E-state index in [1.54, 1.807) is 0 Å². The highest BCUT2D eigenvalue weighted by Crippen LogP contribution is 2.18. The van der Waals surface area contributed by atoms with Gasteiger partial charge in [0.2, 0.25) is 5.91 Å². The number of nitrogens with two attached hydrogens (primary N) is 1. The van der Waals surface area contributed by atoms with Crippen molar-refractivity contribution in [3.8, 4) is 0 Å². The fourth-order valence-corrected chi connectivity index (χ4v) is 5.60. The van der Waals surface area contributed by atoms with E-state index in [-0.39, 0.29) is 18.0 Å². The summed E-state index contributed by atoms with van der Waals surface area (Å²) >= 11 is 0. The van der Waals surface area contributed by atoms with Gasteiger partial charge in [0.1, 0.15) is 12.1 Å². The van der Waals surface area contributed by atoms with Crippen molar-refractivity contribution in [3.05, 3.63) is 24.3 Å². The molecule has 0 heterocycles. The highest BCUT2D eigenvalue weighted by Gasteiger charge is 2.19. The summed E-state index contributed by atoms with van der Waals surface area (Å²) in [6.07, 6.45) is 36.7. The Hall–Kier alpha value is -2.15. The second-order valence-corrected chi connectivity index (χ2v) is 13.0. The number of esters is 1. The van der Waals surface area contributed by atoms with E-state index >= 15 is 0 Å². The maximum atomic E-state index is 12.6. The molecule has 0 saturated carbocycles. The van der Waals surface area contributed by atoms with Gasteiger partial charge in [-0.2, -0.15) is 0 Å². The zero-order valence-electron chi connectivity index (χ0n) is 29.9. The number of allylic oxidation sites excluding steroid dienone is 4. The number of carbonyl (C=O) groups excluding carboxylic acids is 2. The second kappa shape index (κ2) is 34.2. The standard InChI is InChI=1S/C39H72N2O5/c1-3-5-7-9-10-11-12-13-14-15-16-17-18-19-20-21-22-27-33-38(43)46-35(29-24-8-6-4-2)30-25-23-26-32-37(42)41-36(39(44)45)31-28-34-40/h11-12,14-15,35-36H,3-10,13,16-34,40H2,1-2H3,(H,41,42)(H,44,45)/b12-11-,15-14-. The Morgan fingerprint density at radius 2 is 1.13 bits per heavy atom.